The van der Waals surface area contributed by atoms with Crippen LogP contribution >= 0.6 is 0 Å². The summed E-state index contributed by atoms with van der Waals surface area (Å²) in [6.07, 6.45) is 3.42. The van der Waals surface area contributed by atoms with Gasteiger partial charge < -0.3 is 5.32 Å². The van der Waals surface area contributed by atoms with Crippen LogP contribution in [0, 0.1) is 13.8 Å². The Bertz CT molecular complexity index is 843. The van der Waals surface area contributed by atoms with Gasteiger partial charge in [-0.1, -0.05) is 24.3 Å². The first-order valence-corrected chi connectivity index (χ1v) is 7.19. The molecule has 3 rings (SSSR count). The molecule has 0 fully saturated rings. The second kappa shape index (κ2) is 5.93. The summed E-state index contributed by atoms with van der Waals surface area (Å²) < 4.78 is 0. The molecule has 0 aliphatic heterocycles. The Morgan fingerprint density at radius 2 is 2.00 bits per heavy atom. The number of fused-ring (bicyclic) bond motifs is 1. The van der Waals surface area contributed by atoms with Gasteiger partial charge in [-0.3, -0.25) is 14.8 Å². The highest BCUT2D eigenvalue weighted by molar-refractivity contribution is 5.98. The van der Waals surface area contributed by atoms with Gasteiger partial charge in [0.2, 0.25) is 0 Å². The molecule has 0 saturated heterocycles. The molecule has 0 bridgehead atoms. The number of aryl methyl sites for hydroxylation is 2. The Labute approximate surface area is 129 Å². The Morgan fingerprint density at radius 1 is 1.18 bits per heavy atom. The minimum atomic E-state index is -0.112. The summed E-state index contributed by atoms with van der Waals surface area (Å²) in [4.78, 5) is 21.0. The highest BCUT2D eigenvalue weighted by Crippen LogP contribution is 2.15. The van der Waals surface area contributed by atoms with Crippen LogP contribution in [0.25, 0.3) is 10.9 Å². The quantitative estimate of drug-likeness (QED) is 0.806. The second-order valence-corrected chi connectivity index (χ2v) is 5.30. The summed E-state index contributed by atoms with van der Waals surface area (Å²) in [6.45, 7) is 4.40. The fraction of sp³-hybridized carbons (Fsp3) is 0.167. The van der Waals surface area contributed by atoms with E-state index in [1.807, 2.05) is 50.2 Å². The van der Waals surface area contributed by atoms with E-state index >= 15 is 0 Å². The molecule has 22 heavy (non-hydrogen) atoms. The third-order valence-electron chi connectivity index (χ3n) is 3.75. The largest absolute Gasteiger partial charge is 0.348 e. The SMILES string of the molecule is Cc1ccccc1CNC(=O)c1cc2cnccc2nc1C. The van der Waals surface area contributed by atoms with E-state index in [1.165, 1.54) is 5.56 Å². The van der Waals surface area contributed by atoms with Crippen molar-refractivity contribution in [3.63, 3.8) is 0 Å². The summed E-state index contributed by atoms with van der Waals surface area (Å²) in [6, 6.07) is 11.7. The average Bonchev–Trinajstić information content (AvgIpc) is 2.53. The van der Waals surface area contributed by atoms with E-state index in [2.05, 4.69) is 15.3 Å². The van der Waals surface area contributed by atoms with E-state index in [-0.39, 0.29) is 5.91 Å². The normalized spacial score (nSPS) is 10.6. The summed E-state index contributed by atoms with van der Waals surface area (Å²) in [5.74, 6) is -0.112. The molecule has 0 radical (unpaired) electrons. The standard InChI is InChI=1S/C18H17N3O/c1-12-5-3-4-6-14(12)11-20-18(22)16-9-15-10-19-8-7-17(15)21-13(16)2/h3-10H,11H2,1-2H3,(H,20,22). The van der Waals surface area contributed by atoms with Gasteiger partial charge in [-0.15, -0.1) is 0 Å². The van der Waals surface area contributed by atoms with E-state index in [1.54, 1.807) is 12.4 Å². The minimum absolute atomic E-state index is 0.112. The fourth-order valence-electron chi connectivity index (χ4n) is 2.42. The van der Waals surface area contributed by atoms with Gasteiger partial charge in [0.1, 0.15) is 0 Å². The first kappa shape index (κ1) is 14.2. The lowest BCUT2D eigenvalue weighted by atomic mass is 10.1. The molecular formula is C18H17N3O. The number of hydrogen-bond acceptors (Lipinski definition) is 3. The van der Waals surface area contributed by atoms with Crippen LogP contribution in [0.15, 0.2) is 48.8 Å². The van der Waals surface area contributed by atoms with Crippen molar-refractivity contribution >= 4 is 16.8 Å². The van der Waals surface area contributed by atoms with E-state index < -0.39 is 0 Å². The van der Waals surface area contributed by atoms with Gasteiger partial charge in [0, 0.05) is 24.3 Å². The number of carbonyl (C=O) groups is 1. The van der Waals surface area contributed by atoms with Gasteiger partial charge in [-0.25, -0.2) is 0 Å². The number of hydrogen-bond donors (Lipinski definition) is 1. The molecular weight excluding hydrogens is 274 g/mol. The van der Waals surface area contributed by atoms with Crippen molar-refractivity contribution in [1.82, 2.24) is 15.3 Å². The lowest BCUT2D eigenvalue weighted by molar-refractivity contribution is 0.0950. The first-order valence-electron chi connectivity index (χ1n) is 7.19. The van der Waals surface area contributed by atoms with Crippen molar-refractivity contribution in [3.8, 4) is 0 Å². The predicted octanol–water partition coefficient (Wildman–Crippen LogP) is 3.18. The van der Waals surface area contributed by atoms with Crippen LogP contribution in [-0.4, -0.2) is 15.9 Å². The predicted molar refractivity (Wildman–Crippen MR) is 86.6 cm³/mol. The second-order valence-electron chi connectivity index (χ2n) is 5.30. The number of amides is 1. The highest BCUT2D eigenvalue weighted by Gasteiger charge is 2.11. The molecule has 4 heteroatoms. The molecule has 1 aromatic carbocycles. The maximum atomic E-state index is 12.4. The Morgan fingerprint density at radius 3 is 2.82 bits per heavy atom. The van der Waals surface area contributed by atoms with Crippen molar-refractivity contribution in [3.05, 3.63) is 71.2 Å². The van der Waals surface area contributed by atoms with Crippen molar-refractivity contribution in [2.24, 2.45) is 0 Å². The van der Waals surface area contributed by atoms with Gasteiger partial charge >= 0.3 is 0 Å². The zero-order valence-electron chi connectivity index (χ0n) is 12.6. The number of pyridine rings is 2. The molecule has 2 heterocycles. The fourth-order valence-corrected chi connectivity index (χ4v) is 2.42. The van der Waals surface area contributed by atoms with Crippen molar-refractivity contribution in [2.45, 2.75) is 20.4 Å². The summed E-state index contributed by atoms with van der Waals surface area (Å²) >= 11 is 0. The van der Waals surface area contributed by atoms with Gasteiger partial charge in [0.25, 0.3) is 5.91 Å². The molecule has 0 aliphatic rings. The smallest absolute Gasteiger partial charge is 0.253 e. The Balaban J connectivity index is 1.83. The monoisotopic (exact) mass is 291 g/mol. The van der Waals surface area contributed by atoms with Crippen molar-refractivity contribution in [2.75, 3.05) is 0 Å². The zero-order valence-corrected chi connectivity index (χ0v) is 12.6. The lowest BCUT2D eigenvalue weighted by Crippen LogP contribution is -2.24. The zero-order chi connectivity index (χ0) is 15.5. The molecule has 0 unspecified atom stereocenters. The number of nitrogens with one attached hydrogen (secondary N) is 1. The topological polar surface area (TPSA) is 54.9 Å². The number of benzene rings is 1. The number of aromatic nitrogens is 2. The van der Waals surface area contributed by atoms with Crippen molar-refractivity contribution < 1.29 is 4.79 Å². The lowest BCUT2D eigenvalue weighted by Gasteiger charge is -2.10. The molecule has 0 saturated carbocycles. The van der Waals surface area contributed by atoms with Crippen LogP contribution in [0.2, 0.25) is 0 Å². The number of carbonyl (C=O) groups excluding carboxylic acids is 1. The number of rotatable bonds is 3. The van der Waals surface area contributed by atoms with Crippen LogP contribution in [-0.2, 0) is 6.54 Å². The van der Waals surface area contributed by atoms with Gasteiger partial charge in [-0.2, -0.15) is 0 Å². The van der Waals surface area contributed by atoms with E-state index in [9.17, 15) is 4.79 Å². The minimum Gasteiger partial charge on any atom is -0.348 e. The summed E-state index contributed by atoms with van der Waals surface area (Å²) in [5.41, 5.74) is 4.45. The molecule has 2 aromatic heterocycles. The molecule has 110 valence electrons. The molecule has 0 atom stereocenters. The Hall–Kier alpha value is -2.75. The third-order valence-corrected chi connectivity index (χ3v) is 3.75. The number of nitrogens with zero attached hydrogens (tertiary/aromatic N) is 2. The summed E-state index contributed by atoms with van der Waals surface area (Å²) in [5, 5.41) is 3.83. The van der Waals surface area contributed by atoms with E-state index in [0.717, 1.165) is 22.2 Å². The summed E-state index contributed by atoms with van der Waals surface area (Å²) in [7, 11) is 0. The molecule has 1 amide bonds. The molecule has 1 N–H and O–H groups in total. The molecule has 3 aromatic rings. The van der Waals surface area contributed by atoms with Crippen LogP contribution in [0.4, 0.5) is 0 Å². The average molecular weight is 291 g/mol. The van der Waals surface area contributed by atoms with E-state index in [4.69, 9.17) is 0 Å². The molecule has 0 spiro atoms. The van der Waals surface area contributed by atoms with Crippen LogP contribution in [0.5, 0.6) is 0 Å². The maximum absolute atomic E-state index is 12.4. The third kappa shape index (κ3) is 2.81. The van der Waals surface area contributed by atoms with Crippen LogP contribution in [0.3, 0.4) is 0 Å². The van der Waals surface area contributed by atoms with Crippen LogP contribution in [0.1, 0.15) is 27.2 Å². The van der Waals surface area contributed by atoms with Gasteiger partial charge in [0.15, 0.2) is 0 Å². The highest BCUT2D eigenvalue weighted by atomic mass is 16.1. The van der Waals surface area contributed by atoms with E-state index in [0.29, 0.717) is 12.1 Å². The van der Waals surface area contributed by atoms with Crippen molar-refractivity contribution in [1.29, 1.82) is 0 Å². The molecule has 0 aliphatic carbocycles. The van der Waals surface area contributed by atoms with Gasteiger partial charge in [-0.05, 0) is 37.1 Å². The maximum Gasteiger partial charge on any atom is 0.253 e. The van der Waals surface area contributed by atoms with Crippen LogP contribution < -0.4 is 5.32 Å². The molecule has 4 nitrogen and oxygen atoms in total. The Kier molecular flexibility index (Phi) is 3.83. The first-order chi connectivity index (χ1) is 10.6. The van der Waals surface area contributed by atoms with Gasteiger partial charge in [0.05, 0.1) is 16.8 Å².